The third-order valence-corrected chi connectivity index (χ3v) is 5.10. The molecule has 0 aromatic carbocycles. The van der Waals surface area contributed by atoms with E-state index in [1.807, 2.05) is 11.8 Å². The minimum absolute atomic E-state index is 0.109. The minimum Gasteiger partial charge on any atom is -0.338 e. The highest BCUT2D eigenvalue weighted by Gasteiger charge is 2.40. The van der Waals surface area contributed by atoms with E-state index < -0.39 is 5.54 Å². The summed E-state index contributed by atoms with van der Waals surface area (Å²) in [6.07, 6.45) is 4.62. The summed E-state index contributed by atoms with van der Waals surface area (Å²) in [5.41, 5.74) is 7.60. The molecule has 2 N–H and O–H groups in total. The lowest BCUT2D eigenvalue weighted by atomic mass is 9.74. The van der Waals surface area contributed by atoms with Gasteiger partial charge in [0.2, 0.25) is 5.91 Å². The molecule has 0 spiro atoms. The summed E-state index contributed by atoms with van der Waals surface area (Å²) in [7, 11) is 1.65. The van der Waals surface area contributed by atoms with Gasteiger partial charge in [-0.2, -0.15) is 5.10 Å². The summed E-state index contributed by atoms with van der Waals surface area (Å²) in [6.45, 7) is 3.12. The van der Waals surface area contributed by atoms with Crippen LogP contribution < -0.4 is 11.3 Å². The van der Waals surface area contributed by atoms with Gasteiger partial charge in [-0.25, -0.2) is 4.68 Å². The molecule has 22 heavy (non-hydrogen) atoms. The highest BCUT2D eigenvalue weighted by atomic mass is 16.2. The summed E-state index contributed by atoms with van der Waals surface area (Å²) < 4.78 is 1.36. The fourth-order valence-electron chi connectivity index (χ4n) is 3.67. The van der Waals surface area contributed by atoms with E-state index in [2.05, 4.69) is 5.10 Å². The Balaban J connectivity index is 1.80. The third-order valence-electron chi connectivity index (χ3n) is 5.10. The molecule has 2 heterocycles. The Labute approximate surface area is 130 Å². The summed E-state index contributed by atoms with van der Waals surface area (Å²) in [6, 6.07) is 1.60. The van der Waals surface area contributed by atoms with Gasteiger partial charge >= 0.3 is 0 Å². The number of rotatable bonds is 1. The average molecular weight is 304 g/mol. The van der Waals surface area contributed by atoms with Gasteiger partial charge < -0.3 is 10.6 Å². The quantitative estimate of drug-likeness (QED) is 0.822. The summed E-state index contributed by atoms with van der Waals surface area (Å²) in [5, 5.41) is 4.29. The lowest BCUT2D eigenvalue weighted by Gasteiger charge is -2.41. The van der Waals surface area contributed by atoms with Crippen LogP contribution in [0.2, 0.25) is 0 Å². The second-order valence-electron chi connectivity index (χ2n) is 6.89. The van der Waals surface area contributed by atoms with Crippen molar-refractivity contribution in [2.45, 2.75) is 51.1 Å². The zero-order chi connectivity index (χ0) is 15.9. The van der Waals surface area contributed by atoms with Crippen molar-refractivity contribution in [3.05, 3.63) is 27.7 Å². The third kappa shape index (κ3) is 2.67. The molecule has 1 aromatic heterocycles. The molecule has 2 atom stereocenters. The molecule has 2 aliphatic rings. The number of carbonyl (C=O) groups is 1. The molecule has 120 valence electrons. The standard InChI is InChI=1S/C16H24N4O2/c1-16(17)7-4-3-5-12(16)15(22)20-8-6-13-11(10-20)9-14(21)19(2)18-13/h9,12H,3-8,10,17H2,1-2H3. The van der Waals surface area contributed by atoms with E-state index in [-0.39, 0.29) is 17.4 Å². The smallest absolute Gasteiger partial charge is 0.266 e. The van der Waals surface area contributed by atoms with Gasteiger partial charge in [-0.3, -0.25) is 9.59 Å². The van der Waals surface area contributed by atoms with Gasteiger partial charge in [-0.15, -0.1) is 0 Å². The van der Waals surface area contributed by atoms with Crippen LogP contribution in [0.5, 0.6) is 0 Å². The van der Waals surface area contributed by atoms with Crippen LogP contribution in [0.25, 0.3) is 0 Å². The minimum atomic E-state index is -0.416. The maximum absolute atomic E-state index is 12.9. The van der Waals surface area contributed by atoms with Gasteiger partial charge in [0.25, 0.3) is 5.56 Å². The second kappa shape index (κ2) is 5.50. The van der Waals surface area contributed by atoms with E-state index in [1.54, 1.807) is 13.1 Å². The fourth-order valence-corrected chi connectivity index (χ4v) is 3.67. The molecule has 1 aliphatic heterocycles. The van der Waals surface area contributed by atoms with E-state index in [4.69, 9.17) is 5.73 Å². The Morgan fingerprint density at radius 3 is 2.95 bits per heavy atom. The average Bonchev–Trinajstić information content (AvgIpc) is 2.47. The van der Waals surface area contributed by atoms with Crippen LogP contribution in [-0.4, -0.2) is 32.7 Å². The maximum Gasteiger partial charge on any atom is 0.266 e. The van der Waals surface area contributed by atoms with Gasteiger partial charge in [0.1, 0.15) is 0 Å². The molecule has 1 amide bonds. The Morgan fingerprint density at radius 2 is 2.23 bits per heavy atom. The largest absolute Gasteiger partial charge is 0.338 e. The molecule has 1 aliphatic carbocycles. The molecule has 1 aromatic rings. The van der Waals surface area contributed by atoms with Crippen LogP contribution in [0.15, 0.2) is 10.9 Å². The predicted octanol–water partition coefficient (Wildman–Crippen LogP) is 0.573. The van der Waals surface area contributed by atoms with E-state index in [0.29, 0.717) is 19.5 Å². The number of nitrogens with zero attached hydrogens (tertiary/aromatic N) is 3. The zero-order valence-corrected chi connectivity index (χ0v) is 13.3. The Bertz CT molecular complexity index is 650. The van der Waals surface area contributed by atoms with Crippen molar-refractivity contribution in [2.75, 3.05) is 6.54 Å². The number of hydrogen-bond acceptors (Lipinski definition) is 4. The van der Waals surface area contributed by atoms with Crippen molar-refractivity contribution in [3.63, 3.8) is 0 Å². The maximum atomic E-state index is 12.9. The van der Waals surface area contributed by atoms with Gasteiger partial charge in [0, 0.05) is 43.7 Å². The Morgan fingerprint density at radius 1 is 1.45 bits per heavy atom. The molecular weight excluding hydrogens is 280 g/mol. The van der Waals surface area contributed by atoms with Gasteiger partial charge in [0.05, 0.1) is 11.6 Å². The highest BCUT2D eigenvalue weighted by molar-refractivity contribution is 5.80. The number of amides is 1. The number of carbonyl (C=O) groups excluding carboxylic acids is 1. The van der Waals surface area contributed by atoms with Crippen molar-refractivity contribution in [1.82, 2.24) is 14.7 Å². The molecule has 2 unspecified atom stereocenters. The molecule has 1 saturated carbocycles. The van der Waals surface area contributed by atoms with E-state index in [0.717, 1.165) is 36.9 Å². The first-order valence-electron chi connectivity index (χ1n) is 8.02. The SMILES string of the molecule is Cn1nc2c(cc1=O)CN(C(=O)C1CCCCC1(C)N)CC2. The van der Waals surface area contributed by atoms with Crippen LogP contribution in [0, 0.1) is 5.92 Å². The summed E-state index contributed by atoms with van der Waals surface area (Å²) in [5.74, 6) is 0.0262. The van der Waals surface area contributed by atoms with Crippen LogP contribution in [0.3, 0.4) is 0 Å². The van der Waals surface area contributed by atoms with Crippen molar-refractivity contribution < 1.29 is 4.79 Å². The molecular formula is C16H24N4O2. The predicted molar refractivity (Wildman–Crippen MR) is 83.1 cm³/mol. The van der Waals surface area contributed by atoms with Crippen LogP contribution in [0.1, 0.15) is 43.9 Å². The van der Waals surface area contributed by atoms with Crippen LogP contribution in [-0.2, 0) is 24.8 Å². The Hall–Kier alpha value is -1.69. The fraction of sp³-hybridized carbons (Fsp3) is 0.688. The lowest BCUT2D eigenvalue weighted by Crippen LogP contribution is -2.54. The monoisotopic (exact) mass is 304 g/mol. The van der Waals surface area contributed by atoms with E-state index in [1.165, 1.54) is 4.68 Å². The first-order valence-corrected chi connectivity index (χ1v) is 8.02. The molecule has 1 fully saturated rings. The van der Waals surface area contributed by atoms with Crippen molar-refractivity contribution in [1.29, 1.82) is 0 Å². The molecule has 6 heteroatoms. The summed E-state index contributed by atoms with van der Waals surface area (Å²) in [4.78, 5) is 26.5. The highest BCUT2D eigenvalue weighted by Crippen LogP contribution is 2.33. The number of aryl methyl sites for hydroxylation is 1. The van der Waals surface area contributed by atoms with Gasteiger partial charge in [-0.1, -0.05) is 12.8 Å². The zero-order valence-electron chi connectivity index (χ0n) is 13.3. The molecule has 0 radical (unpaired) electrons. The number of nitrogens with two attached hydrogens (primary N) is 1. The molecule has 3 rings (SSSR count). The van der Waals surface area contributed by atoms with Crippen molar-refractivity contribution >= 4 is 5.91 Å². The van der Waals surface area contributed by atoms with Crippen LogP contribution >= 0.6 is 0 Å². The Kier molecular flexibility index (Phi) is 3.80. The van der Waals surface area contributed by atoms with E-state index in [9.17, 15) is 9.59 Å². The molecule has 0 bridgehead atoms. The van der Waals surface area contributed by atoms with Crippen molar-refractivity contribution in [3.8, 4) is 0 Å². The normalized spacial score (nSPS) is 28.3. The molecule has 0 saturated heterocycles. The first kappa shape index (κ1) is 15.2. The summed E-state index contributed by atoms with van der Waals surface area (Å²) >= 11 is 0. The number of fused-ring (bicyclic) bond motifs is 1. The van der Waals surface area contributed by atoms with Gasteiger partial charge in [-0.05, 0) is 19.8 Å². The van der Waals surface area contributed by atoms with Crippen LogP contribution in [0.4, 0.5) is 0 Å². The first-order chi connectivity index (χ1) is 10.4. The van der Waals surface area contributed by atoms with Crippen molar-refractivity contribution in [2.24, 2.45) is 18.7 Å². The second-order valence-corrected chi connectivity index (χ2v) is 6.89. The molecule has 6 nitrogen and oxygen atoms in total. The lowest BCUT2D eigenvalue weighted by molar-refractivity contribution is -0.139. The van der Waals surface area contributed by atoms with Gasteiger partial charge in [0.15, 0.2) is 0 Å². The topological polar surface area (TPSA) is 81.2 Å². The number of aromatic nitrogens is 2. The van der Waals surface area contributed by atoms with E-state index >= 15 is 0 Å². The number of hydrogen-bond donors (Lipinski definition) is 1.